The van der Waals surface area contributed by atoms with E-state index in [1.54, 1.807) is 11.1 Å². The molecule has 1 aliphatic rings. The summed E-state index contributed by atoms with van der Waals surface area (Å²) in [6.07, 6.45) is 5.27. The smallest absolute Gasteiger partial charge is 0.0171 e. The third kappa shape index (κ3) is 1.57. The van der Waals surface area contributed by atoms with Crippen LogP contribution in [0.4, 0.5) is 0 Å². The maximum absolute atomic E-state index is 2.49. The molecule has 0 nitrogen and oxygen atoms in total. The number of benzene rings is 2. The van der Waals surface area contributed by atoms with Crippen molar-refractivity contribution < 1.29 is 0 Å². The van der Waals surface area contributed by atoms with Gasteiger partial charge in [0.2, 0.25) is 0 Å². The van der Waals surface area contributed by atoms with Crippen molar-refractivity contribution in [3.05, 3.63) is 45.0 Å². The van der Waals surface area contributed by atoms with Crippen molar-refractivity contribution in [2.24, 2.45) is 0 Å². The molecule has 2 aromatic carbocycles. The van der Waals surface area contributed by atoms with Crippen LogP contribution in [0.5, 0.6) is 0 Å². The third-order valence-corrected chi connectivity index (χ3v) is 4.29. The van der Waals surface area contributed by atoms with Crippen LogP contribution in [-0.4, -0.2) is 0 Å². The van der Waals surface area contributed by atoms with Gasteiger partial charge in [0.05, 0.1) is 0 Å². The number of fused-ring (bicyclic) bond motifs is 3. The predicted octanol–water partition coefficient (Wildman–Crippen LogP) is 4.32. The van der Waals surface area contributed by atoms with Gasteiger partial charge in [-0.3, -0.25) is 0 Å². The van der Waals surface area contributed by atoms with Gasteiger partial charge < -0.3 is 0 Å². The molecule has 2 aromatic rings. The Kier molecular flexibility index (Phi) is 2.43. The fraction of sp³-hybridized carbons (Fsp3) is 0.286. The van der Waals surface area contributed by atoms with Crippen LogP contribution in [0.1, 0.15) is 24.0 Å². The lowest BCUT2D eigenvalue weighted by Crippen LogP contribution is -2.05. The summed E-state index contributed by atoms with van der Waals surface area (Å²) in [4.78, 5) is 0. The highest BCUT2D eigenvalue weighted by Crippen LogP contribution is 2.32. The second kappa shape index (κ2) is 3.78. The zero-order valence-corrected chi connectivity index (χ0v) is 10.8. The summed E-state index contributed by atoms with van der Waals surface area (Å²) in [5.41, 5.74) is 3.23. The summed E-state index contributed by atoms with van der Waals surface area (Å²) in [6.45, 7) is 0. The molecule has 0 spiro atoms. The molecule has 0 radical (unpaired) electrons. The Hall–Kier alpha value is -0.570. The predicted molar refractivity (Wildman–Crippen MR) is 73.3 cm³/mol. The van der Waals surface area contributed by atoms with E-state index < -0.39 is 0 Å². The van der Waals surface area contributed by atoms with Crippen molar-refractivity contribution in [2.75, 3.05) is 0 Å². The third-order valence-electron chi connectivity index (χ3n) is 3.32. The first kappa shape index (κ1) is 9.64. The molecule has 0 bridgehead atoms. The van der Waals surface area contributed by atoms with Crippen molar-refractivity contribution in [1.82, 2.24) is 0 Å². The summed E-state index contributed by atoms with van der Waals surface area (Å²) < 4.78 is 1.46. The van der Waals surface area contributed by atoms with Crippen molar-refractivity contribution in [3.63, 3.8) is 0 Å². The van der Waals surface area contributed by atoms with E-state index in [1.165, 1.54) is 40.0 Å². The molecule has 0 unspecified atom stereocenters. The monoisotopic (exact) mass is 308 g/mol. The van der Waals surface area contributed by atoms with Crippen LogP contribution >= 0.6 is 22.6 Å². The summed E-state index contributed by atoms with van der Waals surface area (Å²) in [7, 11) is 0. The zero-order valence-electron chi connectivity index (χ0n) is 8.59. The van der Waals surface area contributed by atoms with E-state index in [9.17, 15) is 0 Å². The van der Waals surface area contributed by atoms with Crippen molar-refractivity contribution in [2.45, 2.75) is 25.7 Å². The number of hydrogen-bond acceptors (Lipinski definition) is 0. The van der Waals surface area contributed by atoms with Crippen LogP contribution in [0.3, 0.4) is 0 Å². The molecule has 0 atom stereocenters. The van der Waals surface area contributed by atoms with Crippen LogP contribution in [0, 0.1) is 3.57 Å². The number of halogens is 1. The van der Waals surface area contributed by atoms with E-state index in [0.717, 1.165) is 0 Å². The maximum Gasteiger partial charge on any atom is 0.0171 e. The van der Waals surface area contributed by atoms with Gasteiger partial charge >= 0.3 is 0 Å². The van der Waals surface area contributed by atoms with E-state index >= 15 is 0 Å². The zero-order chi connectivity index (χ0) is 10.3. The summed E-state index contributed by atoms with van der Waals surface area (Å²) in [5.74, 6) is 0. The fourth-order valence-electron chi connectivity index (χ4n) is 2.59. The molecule has 0 aromatic heterocycles. The summed E-state index contributed by atoms with van der Waals surface area (Å²) >= 11 is 2.49. The highest BCUT2D eigenvalue weighted by Gasteiger charge is 2.14. The molecule has 0 fully saturated rings. The Morgan fingerprint density at radius 1 is 0.933 bits per heavy atom. The van der Waals surface area contributed by atoms with Crippen molar-refractivity contribution >= 4 is 33.4 Å². The number of aryl methyl sites for hydroxylation is 1. The van der Waals surface area contributed by atoms with E-state index in [4.69, 9.17) is 0 Å². The van der Waals surface area contributed by atoms with Gasteiger partial charge in [-0.05, 0) is 76.2 Å². The van der Waals surface area contributed by atoms with Crippen molar-refractivity contribution in [3.8, 4) is 0 Å². The van der Waals surface area contributed by atoms with Crippen LogP contribution in [0.2, 0.25) is 0 Å². The average Bonchev–Trinajstić information content (AvgIpc) is 2.30. The standard InChI is InChI=1S/C14H13I/c15-14-9-10-5-1-2-6-11(10)12-7-3-4-8-13(12)14/h1-2,5-6,9H,3-4,7-8H2. The molecule has 15 heavy (non-hydrogen) atoms. The van der Waals surface area contributed by atoms with Gasteiger partial charge in [-0.25, -0.2) is 0 Å². The second-order valence-corrected chi connectivity index (χ2v) is 5.41. The van der Waals surface area contributed by atoms with Crippen LogP contribution in [-0.2, 0) is 12.8 Å². The van der Waals surface area contributed by atoms with Gasteiger partial charge in [0.15, 0.2) is 0 Å². The quantitative estimate of drug-likeness (QED) is 0.636. The molecule has 0 heterocycles. The highest BCUT2D eigenvalue weighted by molar-refractivity contribution is 14.1. The van der Waals surface area contributed by atoms with Gasteiger partial charge in [0, 0.05) is 3.57 Å². The minimum atomic E-state index is 1.27. The normalized spacial score (nSPS) is 15.3. The Morgan fingerprint density at radius 3 is 2.53 bits per heavy atom. The first-order valence-electron chi connectivity index (χ1n) is 5.55. The lowest BCUT2D eigenvalue weighted by Gasteiger charge is -2.19. The van der Waals surface area contributed by atoms with Gasteiger partial charge in [-0.15, -0.1) is 0 Å². The van der Waals surface area contributed by atoms with Crippen LogP contribution in [0.15, 0.2) is 30.3 Å². The molecule has 1 heteroatoms. The van der Waals surface area contributed by atoms with E-state index in [0.29, 0.717) is 0 Å². The molecule has 1 aliphatic carbocycles. The second-order valence-electron chi connectivity index (χ2n) is 4.24. The molecular weight excluding hydrogens is 295 g/mol. The van der Waals surface area contributed by atoms with Crippen molar-refractivity contribution in [1.29, 1.82) is 0 Å². The minimum absolute atomic E-state index is 1.27. The minimum Gasteiger partial charge on any atom is -0.0616 e. The fourth-order valence-corrected chi connectivity index (χ4v) is 3.52. The molecule has 0 saturated carbocycles. The van der Waals surface area contributed by atoms with Crippen LogP contribution in [0.25, 0.3) is 10.8 Å². The Bertz CT molecular complexity index is 514. The lowest BCUT2D eigenvalue weighted by atomic mass is 9.88. The average molecular weight is 308 g/mol. The lowest BCUT2D eigenvalue weighted by molar-refractivity contribution is 0.687. The Morgan fingerprint density at radius 2 is 1.67 bits per heavy atom. The number of rotatable bonds is 0. The maximum atomic E-state index is 2.49. The van der Waals surface area contributed by atoms with Gasteiger partial charge in [-0.1, -0.05) is 24.3 Å². The van der Waals surface area contributed by atoms with Gasteiger partial charge in [0.25, 0.3) is 0 Å². The molecule has 0 saturated heterocycles. The Labute approximate surface area is 104 Å². The molecule has 76 valence electrons. The first-order chi connectivity index (χ1) is 7.36. The molecule has 0 amide bonds. The number of hydrogen-bond donors (Lipinski definition) is 0. The van der Waals surface area contributed by atoms with E-state index in [-0.39, 0.29) is 0 Å². The molecular formula is C14H13I. The van der Waals surface area contributed by atoms with E-state index in [1.807, 2.05) is 0 Å². The molecule has 3 rings (SSSR count). The van der Waals surface area contributed by atoms with Gasteiger partial charge in [0.1, 0.15) is 0 Å². The molecule has 0 N–H and O–H groups in total. The summed E-state index contributed by atoms with van der Waals surface area (Å²) in [5, 5.41) is 2.88. The molecule has 0 aliphatic heterocycles. The van der Waals surface area contributed by atoms with Gasteiger partial charge in [-0.2, -0.15) is 0 Å². The summed E-state index contributed by atoms with van der Waals surface area (Å²) in [6, 6.07) is 11.1. The highest BCUT2D eigenvalue weighted by atomic mass is 127. The van der Waals surface area contributed by atoms with Crippen LogP contribution < -0.4 is 0 Å². The SMILES string of the molecule is Ic1cc2ccccc2c2c1CCCC2. The Balaban J connectivity index is 2.39. The first-order valence-corrected chi connectivity index (χ1v) is 6.63. The topological polar surface area (TPSA) is 0 Å². The largest absolute Gasteiger partial charge is 0.0616 e. The van der Waals surface area contributed by atoms with E-state index in [2.05, 4.69) is 52.9 Å².